The smallest absolute Gasteiger partial charge is 0.119 e. The zero-order chi connectivity index (χ0) is 61.0. The number of rotatable bonds is 72. The zero-order valence-electron chi connectivity index (χ0n) is 58.4. The second-order valence-corrected chi connectivity index (χ2v) is 27.0. The first-order chi connectivity index (χ1) is 42.7. The first kappa shape index (κ1) is 79.9. The summed E-state index contributed by atoms with van der Waals surface area (Å²) in [6, 6.07) is 17.1. The van der Waals surface area contributed by atoms with Crippen LogP contribution in [0.1, 0.15) is 399 Å². The number of hydrogen-bond acceptors (Lipinski definition) is 5. The average molecular weight is 1200 g/mol. The number of ether oxygens (including phenoxy) is 4. The highest BCUT2D eigenvalue weighted by Gasteiger charge is 2.07. The van der Waals surface area contributed by atoms with Gasteiger partial charge in [0.25, 0.3) is 0 Å². The van der Waals surface area contributed by atoms with E-state index in [1.165, 1.54) is 372 Å². The summed E-state index contributed by atoms with van der Waals surface area (Å²) >= 11 is 0. The summed E-state index contributed by atoms with van der Waals surface area (Å²) in [6.45, 7) is 10.1. The maximum absolute atomic E-state index is 6.12. The van der Waals surface area contributed by atoms with E-state index >= 15 is 0 Å². The molecule has 0 aromatic heterocycles. The van der Waals surface area contributed by atoms with E-state index in [9.17, 15) is 0 Å². The lowest BCUT2D eigenvalue weighted by Crippen LogP contribution is -2.09. The summed E-state index contributed by atoms with van der Waals surface area (Å²) in [5.41, 5.74) is 2.32. The molecule has 0 saturated heterocycles. The van der Waals surface area contributed by atoms with Gasteiger partial charge in [0.1, 0.15) is 11.5 Å². The van der Waals surface area contributed by atoms with Crippen LogP contribution in [0.2, 0.25) is 0 Å². The molecule has 0 fully saturated rings. The van der Waals surface area contributed by atoms with Gasteiger partial charge in [0, 0.05) is 44.8 Å². The van der Waals surface area contributed by atoms with Crippen molar-refractivity contribution < 1.29 is 18.9 Å². The van der Waals surface area contributed by atoms with Gasteiger partial charge in [0.15, 0.2) is 0 Å². The van der Waals surface area contributed by atoms with Gasteiger partial charge in [-0.05, 0) is 87.1 Å². The molecule has 5 heteroatoms. The van der Waals surface area contributed by atoms with Gasteiger partial charge in [-0.15, -0.1) is 0 Å². The predicted octanol–water partition coefficient (Wildman–Crippen LogP) is 27.7. The molecule has 0 amide bonds. The molecule has 86 heavy (non-hydrogen) atoms. The van der Waals surface area contributed by atoms with Gasteiger partial charge in [-0.2, -0.15) is 0 Å². The molecule has 0 heterocycles. The van der Waals surface area contributed by atoms with Crippen LogP contribution in [0.3, 0.4) is 0 Å². The normalized spacial score (nSPS) is 11.6. The van der Waals surface area contributed by atoms with Crippen LogP contribution in [-0.4, -0.2) is 46.7 Å². The van der Waals surface area contributed by atoms with Crippen LogP contribution in [0.5, 0.6) is 11.5 Å². The van der Waals surface area contributed by atoms with Crippen molar-refractivity contribution in [2.45, 2.75) is 399 Å². The molecular weight excluding hydrogens is 1050 g/mol. The van der Waals surface area contributed by atoms with Crippen molar-refractivity contribution in [2.24, 2.45) is 0 Å². The first-order valence-corrected chi connectivity index (χ1v) is 39.1. The van der Waals surface area contributed by atoms with E-state index in [-0.39, 0.29) is 0 Å². The van der Waals surface area contributed by atoms with Gasteiger partial charge in [-0.25, -0.2) is 0 Å². The largest absolute Gasteiger partial charge is 0.494 e. The summed E-state index contributed by atoms with van der Waals surface area (Å²) in [5.74, 6) is 1.93. The molecular formula is C81H149NO4. The minimum Gasteiger partial charge on any atom is -0.494 e. The van der Waals surface area contributed by atoms with Gasteiger partial charge in [-0.1, -0.05) is 361 Å². The molecule has 0 aliphatic carbocycles. The highest BCUT2D eigenvalue weighted by molar-refractivity contribution is 5.63. The second kappa shape index (κ2) is 67.2. The molecule has 0 N–H and O–H groups in total. The quantitative estimate of drug-likeness (QED) is 0.0617. The van der Waals surface area contributed by atoms with E-state index in [0.717, 1.165) is 75.4 Å². The molecule has 0 unspecified atom stereocenters. The molecule has 0 aliphatic rings. The first-order valence-electron chi connectivity index (χ1n) is 39.1. The Hall–Kier alpha value is -2.24. The van der Waals surface area contributed by atoms with Crippen LogP contribution >= 0.6 is 0 Å². The molecule has 2 rings (SSSR count). The van der Waals surface area contributed by atoms with Crippen molar-refractivity contribution in [3.63, 3.8) is 0 Å². The highest BCUT2D eigenvalue weighted by atomic mass is 16.5. The Balaban J connectivity index is 1.25. The molecule has 0 bridgehead atoms. The van der Waals surface area contributed by atoms with Crippen LogP contribution < -0.4 is 14.4 Å². The minimum atomic E-state index is 0.800. The molecule has 0 spiro atoms. The summed E-state index contributed by atoms with van der Waals surface area (Å²) in [5, 5.41) is 0. The van der Waals surface area contributed by atoms with E-state index in [4.69, 9.17) is 18.9 Å². The molecule has 0 aliphatic heterocycles. The van der Waals surface area contributed by atoms with Gasteiger partial charge in [0.05, 0.1) is 13.2 Å². The molecule has 2 aromatic rings. The van der Waals surface area contributed by atoms with Crippen LogP contribution in [0.4, 0.5) is 11.4 Å². The lowest BCUT2D eigenvalue weighted by atomic mass is 10.0. The van der Waals surface area contributed by atoms with Crippen molar-refractivity contribution >= 4 is 11.4 Å². The van der Waals surface area contributed by atoms with Crippen LogP contribution in [-0.2, 0) is 9.47 Å². The third-order valence-corrected chi connectivity index (χ3v) is 18.6. The number of hydrogen-bond donors (Lipinski definition) is 0. The Labute approximate surface area is 538 Å². The number of benzene rings is 2. The van der Waals surface area contributed by atoms with Crippen LogP contribution in [0.15, 0.2) is 48.5 Å². The Morgan fingerprint density at radius 3 is 0.523 bits per heavy atom. The molecule has 2 aromatic carbocycles. The van der Waals surface area contributed by atoms with Crippen molar-refractivity contribution in [1.29, 1.82) is 0 Å². The minimum absolute atomic E-state index is 0.800. The predicted molar refractivity (Wildman–Crippen MR) is 382 cm³/mol. The third-order valence-electron chi connectivity index (χ3n) is 18.6. The van der Waals surface area contributed by atoms with Gasteiger partial charge in [0.2, 0.25) is 0 Å². The maximum atomic E-state index is 6.12. The Morgan fingerprint density at radius 1 is 0.198 bits per heavy atom. The fraction of sp³-hybridized carbons (Fsp3) is 0.852. The summed E-state index contributed by atoms with van der Waals surface area (Å²) in [7, 11) is 2.13. The van der Waals surface area contributed by atoms with Crippen molar-refractivity contribution in [3.8, 4) is 11.5 Å². The summed E-state index contributed by atoms with van der Waals surface area (Å²) in [4.78, 5) is 2.23. The van der Waals surface area contributed by atoms with E-state index < -0.39 is 0 Å². The lowest BCUT2D eigenvalue weighted by Gasteiger charge is -2.20. The SMILES string of the molecule is CCCCCCCCCCCCCCCCCCCCCCOCCCCCCCCCCCCOc1ccc(N(C)c2ccc(OCCCCCCCCCCCCOCCCCCCCCCCCCCCCCCCCCCC)cc2)cc1. The molecule has 502 valence electrons. The standard InChI is InChI=1S/C81H149NO4/c1-4-6-8-10-12-14-16-18-20-22-24-26-28-30-32-34-40-46-52-58-72-83-74-60-54-48-42-36-38-44-50-56-62-76-85-80-68-64-78(65-69-80)82(3)79-66-70-81(71-67-79)86-77-63-57-51-45-39-37-43-49-55-61-75-84-73-59-53-47-41-35-33-31-29-27-25-23-21-19-17-15-13-11-9-7-5-2/h64-71H,4-63,72-77H2,1-3H3. The highest BCUT2D eigenvalue weighted by Crippen LogP contribution is 2.28. The number of nitrogens with zero attached hydrogens (tertiary/aromatic N) is 1. The number of unbranched alkanes of at least 4 members (excludes halogenated alkanes) is 56. The topological polar surface area (TPSA) is 40.2 Å². The summed E-state index contributed by atoms with van der Waals surface area (Å²) < 4.78 is 24.1. The van der Waals surface area contributed by atoms with Crippen LogP contribution in [0, 0.1) is 0 Å². The van der Waals surface area contributed by atoms with Gasteiger partial charge < -0.3 is 23.8 Å². The molecule has 0 atom stereocenters. The second-order valence-electron chi connectivity index (χ2n) is 27.0. The van der Waals surface area contributed by atoms with Crippen molar-refractivity contribution in [1.82, 2.24) is 0 Å². The number of anilines is 2. The molecule has 0 saturated carbocycles. The van der Waals surface area contributed by atoms with Crippen LogP contribution in [0.25, 0.3) is 0 Å². The van der Waals surface area contributed by atoms with Gasteiger partial charge in [-0.3, -0.25) is 0 Å². The Bertz CT molecular complexity index is 1450. The average Bonchev–Trinajstić information content (AvgIpc) is 3.73. The molecule has 5 nitrogen and oxygen atoms in total. The van der Waals surface area contributed by atoms with E-state index in [2.05, 4.69) is 74.3 Å². The Morgan fingerprint density at radius 2 is 0.349 bits per heavy atom. The third kappa shape index (κ3) is 55.8. The van der Waals surface area contributed by atoms with E-state index in [1.807, 2.05) is 0 Å². The van der Waals surface area contributed by atoms with Crippen molar-refractivity contribution in [3.05, 3.63) is 48.5 Å². The fourth-order valence-corrected chi connectivity index (χ4v) is 12.6. The fourth-order valence-electron chi connectivity index (χ4n) is 12.6. The molecule has 0 radical (unpaired) electrons. The zero-order valence-corrected chi connectivity index (χ0v) is 58.4. The van der Waals surface area contributed by atoms with E-state index in [1.54, 1.807) is 0 Å². The monoisotopic (exact) mass is 1200 g/mol. The maximum Gasteiger partial charge on any atom is 0.119 e. The van der Waals surface area contributed by atoms with E-state index in [0.29, 0.717) is 0 Å². The Kier molecular flexibility index (Phi) is 62.4. The summed E-state index contributed by atoms with van der Waals surface area (Å²) in [6.07, 6.45) is 83.7. The van der Waals surface area contributed by atoms with Crippen molar-refractivity contribution in [2.75, 3.05) is 51.6 Å². The van der Waals surface area contributed by atoms with Gasteiger partial charge >= 0.3 is 0 Å². The lowest BCUT2D eigenvalue weighted by molar-refractivity contribution is 0.125.